The van der Waals surface area contributed by atoms with Gasteiger partial charge in [0.15, 0.2) is 0 Å². The number of rotatable bonds is 7. The van der Waals surface area contributed by atoms with Crippen LogP contribution in [0.25, 0.3) is 0 Å². The molecule has 0 saturated heterocycles. The zero-order valence-corrected chi connectivity index (χ0v) is 10.4. The topological polar surface area (TPSA) is 35.2 Å². The lowest BCUT2D eigenvalue weighted by Gasteiger charge is -2.09. The molecule has 0 heterocycles. The smallest absolute Gasteiger partial charge is 0.119 e. The van der Waals surface area contributed by atoms with Crippen molar-refractivity contribution in [3.8, 4) is 5.75 Å². The second kappa shape index (κ2) is 7.29. The molecule has 1 rings (SSSR count). The molecule has 16 heavy (non-hydrogen) atoms. The second-order valence-corrected chi connectivity index (χ2v) is 4.16. The highest BCUT2D eigenvalue weighted by atomic mass is 16.5. The van der Waals surface area contributed by atoms with Crippen molar-refractivity contribution >= 4 is 0 Å². The first-order chi connectivity index (χ1) is 7.76. The van der Waals surface area contributed by atoms with Gasteiger partial charge in [0.05, 0.1) is 6.61 Å². The van der Waals surface area contributed by atoms with Crippen LogP contribution in [0.1, 0.15) is 38.7 Å². The molecule has 0 bridgehead atoms. The maximum atomic E-state index is 5.83. The van der Waals surface area contributed by atoms with Gasteiger partial charge < -0.3 is 10.5 Å². The monoisotopic (exact) mass is 221 g/mol. The van der Waals surface area contributed by atoms with Gasteiger partial charge >= 0.3 is 0 Å². The third-order valence-electron chi connectivity index (χ3n) is 2.84. The van der Waals surface area contributed by atoms with E-state index in [0.29, 0.717) is 6.04 Å². The molecular formula is C14H23NO. The van der Waals surface area contributed by atoms with E-state index in [0.717, 1.165) is 38.0 Å². The molecule has 1 aromatic carbocycles. The number of aryl methyl sites for hydroxylation is 1. The first kappa shape index (κ1) is 13.0. The number of ether oxygens (including phenoxy) is 1. The van der Waals surface area contributed by atoms with E-state index in [9.17, 15) is 0 Å². The number of benzene rings is 1. The van der Waals surface area contributed by atoms with E-state index >= 15 is 0 Å². The van der Waals surface area contributed by atoms with Crippen LogP contribution in [-0.2, 0) is 6.42 Å². The Balaban J connectivity index is 2.21. The number of hydrogen-bond donors (Lipinski definition) is 1. The zero-order chi connectivity index (χ0) is 11.8. The van der Waals surface area contributed by atoms with Gasteiger partial charge in [-0.3, -0.25) is 0 Å². The highest BCUT2D eigenvalue weighted by molar-refractivity contribution is 5.27. The second-order valence-electron chi connectivity index (χ2n) is 4.16. The van der Waals surface area contributed by atoms with Crippen LogP contribution in [0.2, 0.25) is 0 Å². The molecule has 0 aliphatic carbocycles. The van der Waals surface area contributed by atoms with Crippen LogP contribution in [0, 0.1) is 0 Å². The first-order valence-corrected chi connectivity index (χ1v) is 6.23. The first-order valence-electron chi connectivity index (χ1n) is 6.23. The number of nitrogens with two attached hydrogens (primary N) is 1. The summed E-state index contributed by atoms with van der Waals surface area (Å²) in [6, 6.07) is 8.64. The normalized spacial score (nSPS) is 12.4. The van der Waals surface area contributed by atoms with E-state index in [4.69, 9.17) is 10.5 Å². The third-order valence-corrected chi connectivity index (χ3v) is 2.84. The maximum absolute atomic E-state index is 5.83. The fourth-order valence-electron chi connectivity index (χ4n) is 1.56. The Morgan fingerprint density at radius 2 is 1.88 bits per heavy atom. The zero-order valence-electron chi connectivity index (χ0n) is 10.4. The quantitative estimate of drug-likeness (QED) is 0.718. The van der Waals surface area contributed by atoms with Gasteiger partial charge in [-0.2, -0.15) is 0 Å². The minimum atomic E-state index is 0.325. The summed E-state index contributed by atoms with van der Waals surface area (Å²) in [4.78, 5) is 0. The molecule has 1 aromatic rings. The van der Waals surface area contributed by atoms with Crippen molar-refractivity contribution in [2.75, 3.05) is 6.61 Å². The molecule has 0 spiro atoms. The van der Waals surface area contributed by atoms with Crippen molar-refractivity contribution in [3.05, 3.63) is 29.8 Å². The molecule has 2 heteroatoms. The summed E-state index contributed by atoms with van der Waals surface area (Å²) in [5, 5.41) is 0. The highest BCUT2D eigenvalue weighted by Gasteiger charge is 1.99. The van der Waals surface area contributed by atoms with Crippen molar-refractivity contribution in [2.45, 2.75) is 45.6 Å². The van der Waals surface area contributed by atoms with Gasteiger partial charge in [-0.25, -0.2) is 0 Å². The Kier molecular flexibility index (Phi) is 5.94. The van der Waals surface area contributed by atoms with Gasteiger partial charge in [0, 0.05) is 6.04 Å². The fraction of sp³-hybridized carbons (Fsp3) is 0.571. The average molecular weight is 221 g/mol. The summed E-state index contributed by atoms with van der Waals surface area (Å²) in [6.45, 7) is 5.04. The molecule has 0 fully saturated rings. The van der Waals surface area contributed by atoms with E-state index in [1.54, 1.807) is 0 Å². The molecule has 2 N–H and O–H groups in total. The molecule has 0 amide bonds. The van der Waals surface area contributed by atoms with Crippen LogP contribution in [-0.4, -0.2) is 12.6 Å². The van der Waals surface area contributed by atoms with Crippen LogP contribution in [0.4, 0.5) is 0 Å². The summed E-state index contributed by atoms with van der Waals surface area (Å²) in [7, 11) is 0. The molecule has 1 unspecified atom stereocenters. The van der Waals surface area contributed by atoms with Crippen molar-refractivity contribution in [2.24, 2.45) is 5.73 Å². The van der Waals surface area contributed by atoms with Crippen LogP contribution < -0.4 is 10.5 Å². The van der Waals surface area contributed by atoms with E-state index < -0.39 is 0 Å². The Labute approximate surface area is 98.8 Å². The Hall–Kier alpha value is -1.02. The van der Waals surface area contributed by atoms with Gasteiger partial charge in [-0.05, 0) is 43.4 Å². The molecule has 0 aromatic heterocycles. The fourth-order valence-corrected chi connectivity index (χ4v) is 1.56. The summed E-state index contributed by atoms with van der Waals surface area (Å²) >= 11 is 0. The maximum Gasteiger partial charge on any atom is 0.119 e. The van der Waals surface area contributed by atoms with Gasteiger partial charge in [-0.1, -0.05) is 26.0 Å². The predicted molar refractivity (Wildman–Crippen MR) is 68.8 cm³/mol. The van der Waals surface area contributed by atoms with Crippen LogP contribution in [0.5, 0.6) is 5.75 Å². The summed E-state index contributed by atoms with van der Waals surface area (Å²) < 4.78 is 5.64. The van der Waals surface area contributed by atoms with Gasteiger partial charge in [0.25, 0.3) is 0 Å². The molecule has 1 atom stereocenters. The van der Waals surface area contributed by atoms with E-state index in [1.807, 2.05) is 12.1 Å². The van der Waals surface area contributed by atoms with Crippen molar-refractivity contribution in [1.82, 2.24) is 0 Å². The van der Waals surface area contributed by atoms with E-state index in [2.05, 4.69) is 26.0 Å². The summed E-state index contributed by atoms with van der Waals surface area (Å²) in [5.41, 5.74) is 7.18. The van der Waals surface area contributed by atoms with Crippen LogP contribution in [0.15, 0.2) is 24.3 Å². The standard InChI is InChI=1S/C14H23NO/c1-3-12-7-9-14(10-8-12)16-11-5-6-13(15)4-2/h7-10,13H,3-6,11,15H2,1-2H3. The van der Waals surface area contributed by atoms with Gasteiger partial charge in [0.1, 0.15) is 5.75 Å². The van der Waals surface area contributed by atoms with Crippen molar-refractivity contribution in [3.63, 3.8) is 0 Å². The van der Waals surface area contributed by atoms with E-state index in [-0.39, 0.29) is 0 Å². The molecule has 0 saturated carbocycles. The van der Waals surface area contributed by atoms with Crippen molar-refractivity contribution < 1.29 is 4.74 Å². The number of hydrogen-bond acceptors (Lipinski definition) is 2. The molecular weight excluding hydrogens is 198 g/mol. The Morgan fingerprint density at radius 1 is 1.19 bits per heavy atom. The highest BCUT2D eigenvalue weighted by Crippen LogP contribution is 2.13. The summed E-state index contributed by atoms with van der Waals surface area (Å²) in [5.74, 6) is 0.960. The molecule has 2 nitrogen and oxygen atoms in total. The van der Waals surface area contributed by atoms with Crippen LogP contribution >= 0.6 is 0 Å². The summed E-state index contributed by atoms with van der Waals surface area (Å²) in [6.07, 6.45) is 4.20. The lowest BCUT2D eigenvalue weighted by molar-refractivity contribution is 0.300. The minimum absolute atomic E-state index is 0.325. The predicted octanol–water partition coefficient (Wildman–Crippen LogP) is 3.15. The van der Waals surface area contributed by atoms with Gasteiger partial charge in [-0.15, -0.1) is 0 Å². The Bertz CT molecular complexity index is 281. The largest absolute Gasteiger partial charge is 0.494 e. The Morgan fingerprint density at radius 3 is 2.44 bits per heavy atom. The van der Waals surface area contributed by atoms with Crippen molar-refractivity contribution in [1.29, 1.82) is 0 Å². The molecule has 0 aliphatic heterocycles. The van der Waals surface area contributed by atoms with Crippen LogP contribution in [0.3, 0.4) is 0 Å². The lowest BCUT2D eigenvalue weighted by atomic mass is 10.1. The lowest BCUT2D eigenvalue weighted by Crippen LogP contribution is -2.19. The van der Waals surface area contributed by atoms with E-state index in [1.165, 1.54) is 5.56 Å². The van der Waals surface area contributed by atoms with Gasteiger partial charge in [0.2, 0.25) is 0 Å². The molecule has 90 valence electrons. The molecule has 0 radical (unpaired) electrons. The minimum Gasteiger partial charge on any atom is -0.494 e. The third kappa shape index (κ3) is 4.67. The average Bonchev–Trinajstić information content (AvgIpc) is 2.35. The SMILES string of the molecule is CCc1ccc(OCCCC(N)CC)cc1. The molecule has 0 aliphatic rings.